The molecule has 130 valence electrons. The summed E-state index contributed by atoms with van der Waals surface area (Å²) in [5.41, 5.74) is 0. The fourth-order valence-corrected chi connectivity index (χ4v) is 2.94. The number of piperidine rings is 1. The van der Waals surface area contributed by atoms with Crippen molar-refractivity contribution in [2.45, 2.75) is 46.1 Å². The second-order valence-corrected chi connectivity index (χ2v) is 6.19. The molecule has 1 N–H and O–H groups in total. The molecule has 8 heteroatoms. The average molecular weight is 333 g/mol. The number of anilines is 1. The lowest BCUT2D eigenvalue weighted by Crippen LogP contribution is -2.39. The SMILES string of the molecule is CCc1nnc([C@H](C)N2CCC(C(=O)Nc3cc(C)on3)CC2)o1. The normalized spacial score (nSPS) is 17.8. The fourth-order valence-electron chi connectivity index (χ4n) is 2.94. The largest absolute Gasteiger partial charge is 0.424 e. The molecule has 3 rings (SSSR count). The van der Waals surface area contributed by atoms with Crippen LogP contribution in [0.5, 0.6) is 0 Å². The monoisotopic (exact) mass is 333 g/mol. The minimum atomic E-state index is -0.0145. The van der Waals surface area contributed by atoms with E-state index in [1.165, 1.54) is 0 Å². The molecule has 1 saturated heterocycles. The average Bonchev–Trinajstić information content (AvgIpc) is 3.23. The molecular formula is C16H23N5O3. The highest BCUT2D eigenvalue weighted by Gasteiger charge is 2.30. The molecule has 0 unspecified atom stereocenters. The van der Waals surface area contributed by atoms with Crippen molar-refractivity contribution in [3.63, 3.8) is 0 Å². The summed E-state index contributed by atoms with van der Waals surface area (Å²) in [6, 6.07) is 1.79. The van der Waals surface area contributed by atoms with Crippen molar-refractivity contribution < 1.29 is 13.7 Å². The molecule has 1 atom stereocenters. The van der Waals surface area contributed by atoms with Crippen LogP contribution in [-0.2, 0) is 11.2 Å². The third-order valence-corrected chi connectivity index (χ3v) is 4.47. The summed E-state index contributed by atoms with van der Waals surface area (Å²) < 4.78 is 10.6. The molecule has 1 aliphatic heterocycles. The van der Waals surface area contributed by atoms with E-state index < -0.39 is 0 Å². The molecule has 1 amide bonds. The number of nitrogens with zero attached hydrogens (tertiary/aromatic N) is 4. The maximum Gasteiger partial charge on any atom is 0.233 e. The maximum absolute atomic E-state index is 12.3. The number of hydrogen-bond donors (Lipinski definition) is 1. The van der Waals surface area contributed by atoms with E-state index in [4.69, 9.17) is 8.94 Å². The van der Waals surface area contributed by atoms with Crippen LogP contribution in [0.1, 0.15) is 50.3 Å². The van der Waals surface area contributed by atoms with Crippen LogP contribution in [0.3, 0.4) is 0 Å². The van der Waals surface area contributed by atoms with Crippen LogP contribution < -0.4 is 5.32 Å². The van der Waals surface area contributed by atoms with Gasteiger partial charge in [-0.1, -0.05) is 12.1 Å². The van der Waals surface area contributed by atoms with Gasteiger partial charge in [0, 0.05) is 18.4 Å². The van der Waals surface area contributed by atoms with E-state index in [0.717, 1.165) is 32.4 Å². The molecular weight excluding hydrogens is 310 g/mol. The van der Waals surface area contributed by atoms with Gasteiger partial charge in [0.2, 0.25) is 17.7 Å². The molecule has 0 radical (unpaired) electrons. The second kappa shape index (κ2) is 7.12. The molecule has 0 aliphatic carbocycles. The van der Waals surface area contributed by atoms with Crippen molar-refractivity contribution in [2.75, 3.05) is 18.4 Å². The number of aromatic nitrogens is 3. The molecule has 24 heavy (non-hydrogen) atoms. The molecule has 8 nitrogen and oxygen atoms in total. The predicted octanol–water partition coefficient (Wildman–Crippen LogP) is 2.34. The summed E-state index contributed by atoms with van der Waals surface area (Å²) in [7, 11) is 0. The van der Waals surface area contributed by atoms with Crippen LogP contribution in [0.2, 0.25) is 0 Å². The van der Waals surface area contributed by atoms with Crippen LogP contribution in [0.15, 0.2) is 15.0 Å². The summed E-state index contributed by atoms with van der Waals surface area (Å²) in [6.45, 7) is 7.49. The van der Waals surface area contributed by atoms with Gasteiger partial charge in [-0.15, -0.1) is 10.2 Å². The molecule has 2 aromatic heterocycles. The van der Waals surface area contributed by atoms with Gasteiger partial charge < -0.3 is 14.3 Å². The first-order chi connectivity index (χ1) is 11.6. The minimum Gasteiger partial charge on any atom is -0.424 e. The van der Waals surface area contributed by atoms with Crippen molar-refractivity contribution in [1.29, 1.82) is 0 Å². The molecule has 0 bridgehead atoms. The van der Waals surface area contributed by atoms with E-state index in [1.54, 1.807) is 13.0 Å². The van der Waals surface area contributed by atoms with Gasteiger partial charge in [-0.3, -0.25) is 9.69 Å². The highest BCUT2D eigenvalue weighted by atomic mass is 16.5. The van der Waals surface area contributed by atoms with Crippen LogP contribution in [-0.4, -0.2) is 39.3 Å². The Labute approximate surface area is 140 Å². The second-order valence-electron chi connectivity index (χ2n) is 6.19. The zero-order valence-electron chi connectivity index (χ0n) is 14.3. The summed E-state index contributed by atoms with van der Waals surface area (Å²) in [5, 5.41) is 14.8. The van der Waals surface area contributed by atoms with E-state index in [9.17, 15) is 4.79 Å². The first-order valence-corrected chi connectivity index (χ1v) is 8.37. The van der Waals surface area contributed by atoms with Crippen molar-refractivity contribution in [2.24, 2.45) is 5.92 Å². The summed E-state index contributed by atoms with van der Waals surface area (Å²) in [5.74, 6) is 2.45. The van der Waals surface area contributed by atoms with E-state index in [0.29, 0.717) is 23.4 Å². The number of carbonyl (C=O) groups is 1. The summed E-state index contributed by atoms with van der Waals surface area (Å²) in [4.78, 5) is 14.6. The molecule has 1 aliphatic rings. The molecule has 1 fully saturated rings. The van der Waals surface area contributed by atoms with Crippen molar-refractivity contribution in [3.05, 3.63) is 23.6 Å². The number of carbonyl (C=O) groups excluding carboxylic acids is 1. The lowest BCUT2D eigenvalue weighted by atomic mass is 9.95. The van der Waals surface area contributed by atoms with Crippen molar-refractivity contribution in [3.8, 4) is 0 Å². The third-order valence-electron chi connectivity index (χ3n) is 4.47. The highest BCUT2D eigenvalue weighted by Crippen LogP contribution is 2.26. The Morgan fingerprint density at radius 3 is 2.75 bits per heavy atom. The number of amides is 1. The minimum absolute atomic E-state index is 0.00154. The molecule has 3 heterocycles. The number of hydrogen-bond acceptors (Lipinski definition) is 7. The fraction of sp³-hybridized carbons (Fsp3) is 0.625. The van der Waals surface area contributed by atoms with Crippen LogP contribution in [0, 0.1) is 12.8 Å². The molecule has 0 aromatic carbocycles. The quantitative estimate of drug-likeness (QED) is 0.896. The summed E-state index contributed by atoms with van der Waals surface area (Å²) >= 11 is 0. The lowest BCUT2D eigenvalue weighted by molar-refractivity contribution is -0.121. The zero-order chi connectivity index (χ0) is 17.1. The van der Waals surface area contributed by atoms with Gasteiger partial charge in [0.05, 0.1) is 6.04 Å². The van der Waals surface area contributed by atoms with Crippen molar-refractivity contribution >= 4 is 11.7 Å². The van der Waals surface area contributed by atoms with E-state index >= 15 is 0 Å². The standard InChI is InChI=1S/C16H23N5O3/c1-4-14-18-19-16(23-14)11(3)21-7-5-12(6-8-21)15(22)17-13-9-10(2)24-20-13/h9,11-12H,4-8H2,1-3H3,(H,17,20,22)/t11-/m0/s1. The first-order valence-electron chi connectivity index (χ1n) is 8.37. The van der Waals surface area contributed by atoms with E-state index in [-0.39, 0.29) is 17.9 Å². The van der Waals surface area contributed by atoms with E-state index in [1.807, 2.05) is 6.92 Å². The highest BCUT2D eigenvalue weighted by molar-refractivity contribution is 5.91. The number of likely N-dealkylation sites (tertiary alicyclic amines) is 1. The Morgan fingerprint density at radius 1 is 1.42 bits per heavy atom. The lowest BCUT2D eigenvalue weighted by Gasteiger charge is -2.33. The smallest absolute Gasteiger partial charge is 0.233 e. The van der Waals surface area contributed by atoms with Gasteiger partial charge in [0.1, 0.15) is 5.76 Å². The Hall–Kier alpha value is -2.22. The van der Waals surface area contributed by atoms with Crippen LogP contribution in [0.25, 0.3) is 0 Å². The Bertz CT molecular complexity index is 687. The van der Waals surface area contributed by atoms with Crippen LogP contribution in [0.4, 0.5) is 5.82 Å². The number of rotatable bonds is 5. The van der Waals surface area contributed by atoms with Gasteiger partial charge in [0.25, 0.3) is 0 Å². The molecule has 0 spiro atoms. The Morgan fingerprint density at radius 2 is 2.17 bits per heavy atom. The predicted molar refractivity (Wildman–Crippen MR) is 86.3 cm³/mol. The van der Waals surface area contributed by atoms with Gasteiger partial charge >= 0.3 is 0 Å². The van der Waals surface area contributed by atoms with Crippen LogP contribution >= 0.6 is 0 Å². The maximum atomic E-state index is 12.3. The molecule has 2 aromatic rings. The topological polar surface area (TPSA) is 97.3 Å². The van der Waals surface area contributed by atoms with Gasteiger partial charge in [0.15, 0.2) is 5.82 Å². The zero-order valence-corrected chi connectivity index (χ0v) is 14.3. The van der Waals surface area contributed by atoms with Gasteiger partial charge in [-0.25, -0.2) is 0 Å². The Balaban J connectivity index is 1.52. The first kappa shape index (κ1) is 16.6. The van der Waals surface area contributed by atoms with E-state index in [2.05, 4.69) is 32.5 Å². The summed E-state index contributed by atoms with van der Waals surface area (Å²) in [6.07, 6.45) is 2.33. The van der Waals surface area contributed by atoms with Gasteiger partial charge in [-0.05, 0) is 39.8 Å². The number of nitrogens with one attached hydrogen (secondary N) is 1. The Kier molecular flexibility index (Phi) is 4.94. The number of aryl methyl sites for hydroxylation is 2. The third kappa shape index (κ3) is 3.64. The molecule has 0 saturated carbocycles. The van der Waals surface area contributed by atoms with Crippen molar-refractivity contribution in [1.82, 2.24) is 20.3 Å². The van der Waals surface area contributed by atoms with Gasteiger partial charge in [-0.2, -0.15) is 0 Å².